The predicted octanol–water partition coefficient (Wildman–Crippen LogP) is 0.747. The van der Waals surface area contributed by atoms with Crippen LogP contribution in [0.25, 0.3) is 0 Å². The Bertz CT molecular complexity index is 275. The van der Waals surface area contributed by atoms with Gasteiger partial charge in [0.2, 0.25) is 0 Å². The van der Waals surface area contributed by atoms with E-state index in [0.29, 0.717) is 0 Å². The zero-order chi connectivity index (χ0) is 9.80. The van der Waals surface area contributed by atoms with Crippen LogP contribution in [0.15, 0.2) is 6.33 Å². The molecule has 4 heteroatoms. The highest BCUT2D eigenvalue weighted by Gasteiger charge is 2.13. The second kappa shape index (κ2) is 4.55. The van der Waals surface area contributed by atoms with E-state index in [0.717, 1.165) is 18.2 Å². The Hall–Kier alpha value is -0.900. The highest BCUT2D eigenvalue weighted by molar-refractivity contribution is 4.85. The third-order valence-corrected chi connectivity index (χ3v) is 2.98. The molecule has 0 radical (unpaired) electrons. The number of rotatable bonds is 3. The molecular formula is C10H18N4. The molecule has 1 N–H and O–H groups in total. The zero-order valence-corrected chi connectivity index (χ0v) is 8.74. The number of nitrogens with one attached hydrogen (secondary N) is 1. The molecule has 0 aliphatic carbocycles. The Balaban J connectivity index is 1.79. The van der Waals surface area contributed by atoms with Gasteiger partial charge in [0, 0.05) is 13.5 Å². The summed E-state index contributed by atoms with van der Waals surface area (Å²) in [6.45, 7) is 2.37. The molecule has 1 saturated heterocycles. The van der Waals surface area contributed by atoms with Gasteiger partial charge in [0.1, 0.15) is 12.2 Å². The number of nitrogens with zero attached hydrogens (tertiary/aromatic N) is 3. The van der Waals surface area contributed by atoms with E-state index in [2.05, 4.69) is 15.4 Å². The molecule has 2 rings (SSSR count). The van der Waals surface area contributed by atoms with Gasteiger partial charge >= 0.3 is 0 Å². The average Bonchev–Trinajstić information content (AvgIpc) is 2.63. The molecule has 0 saturated carbocycles. The first kappa shape index (κ1) is 9.65. The van der Waals surface area contributed by atoms with E-state index >= 15 is 0 Å². The third kappa shape index (κ3) is 2.32. The molecule has 0 amide bonds. The Morgan fingerprint density at radius 2 is 2.57 bits per heavy atom. The van der Waals surface area contributed by atoms with Crippen LogP contribution in [0, 0.1) is 5.92 Å². The van der Waals surface area contributed by atoms with Crippen molar-refractivity contribution in [1.29, 1.82) is 0 Å². The first-order valence-corrected chi connectivity index (χ1v) is 5.40. The highest BCUT2D eigenvalue weighted by atomic mass is 15.3. The Labute approximate surface area is 84.7 Å². The minimum atomic E-state index is 0.834. The lowest BCUT2D eigenvalue weighted by atomic mass is 9.94. The number of piperidine rings is 1. The van der Waals surface area contributed by atoms with Crippen LogP contribution in [0.1, 0.15) is 25.1 Å². The fourth-order valence-electron chi connectivity index (χ4n) is 2.05. The molecule has 1 aromatic rings. The van der Waals surface area contributed by atoms with Gasteiger partial charge in [0.15, 0.2) is 0 Å². The van der Waals surface area contributed by atoms with Crippen LogP contribution in [0.3, 0.4) is 0 Å². The van der Waals surface area contributed by atoms with Crippen molar-refractivity contribution in [2.45, 2.75) is 25.7 Å². The summed E-state index contributed by atoms with van der Waals surface area (Å²) < 4.78 is 1.87. The molecule has 14 heavy (non-hydrogen) atoms. The number of hydrogen-bond donors (Lipinski definition) is 1. The fourth-order valence-corrected chi connectivity index (χ4v) is 2.05. The van der Waals surface area contributed by atoms with Crippen molar-refractivity contribution in [3.8, 4) is 0 Å². The molecule has 1 aliphatic heterocycles. The van der Waals surface area contributed by atoms with Gasteiger partial charge < -0.3 is 5.32 Å². The molecule has 0 bridgehead atoms. The maximum atomic E-state index is 4.23. The van der Waals surface area contributed by atoms with Crippen LogP contribution in [0.4, 0.5) is 0 Å². The van der Waals surface area contributed by atoms with Crippen LogP contribution in [-0.4, -0.2) is 27.9 Å². The topological polar surface area (TPSA) is 42.7 Å². The van der Waals surface area contributed by atoms with E-state index in [1.165, 1.54) is 32.4 Å². The van der Waals surface area contributed by atoms with Gasteiger partial charge in [0.25, 0.3) is 0 Å². The van der Waals surface area contributed by atoms with Crippen molar-refractivity contribution >= 4 is 0 Å². The average molecular weight is 194 g/mol. The predicted molar refractivity (Wildman–Crippen MR) is 54.9 cm³/mol. The van der Waals surface area contributed by atoms with Gasteiger partial charge in [-0.3, -0.25) is 4.68 Å². The molecule has 1 fully saturated rings. The maximum Gasteiger partial charge on any atom is 0.138 e. The first-order chi connectivity index (χ1) is 6.86. The number of aromatic nitrogens is 3. The standard InChI is InChI=1S/C10H18N4/c1-14-10(12-8-13-14)5-4-9-3-2-6-11-7-9/h8-9,11H,2-7H2,1H3. The quantitative estimate of drug-likeness (QED) is 0.772. The van der Waals surface area contributed by atoms with E-state index in [1.54, 1.807) is 6.33 Å². The second-order valence-electron chi connectivity index (χ2n) is 4.05. The molecule has 78 valence electrons. The minimum Gasteiger partial charge on any atom is -0.316 e. The lowest BCUT2D eigenvalue weighted by molar-refractivity contribution is 0.354. The lowest BCUT2D eigenvalue weighted by Gasteiger charge is -2.22. The van der Waals surface area contributed by atoms with Crippen LogP contribution >= 0.6 is 0 Å². The summed E-state index contributed by atoms with van der Waals surface area (Å²) in [6.07, 6.45) is 6.62. The Morgan fingerprint density at radius 1 is 1.64 bits per heavy atom. The van der Waals surface area contributed by atoms with Crippen molar-refractivity contribution in [3.63, 3.8) is 0 Å². The summed E-state index contributed by atoms with van der Waals surface area (Å²) >= 11 is 0. The molecule has 2 heterocycles. The molecule has 4 nitrogen and oxygen atoms in total. The Morgan fingerprint density at radius 3 is 3.21 bits per heavy atom. The lowest BCUT2D eigenvalue weighted by Crippen LogP contribution is -2.30. The summed E-state index contributed by atoms with van der Waals surface area (Å²) in [6, 6.07) is 0. The SMILES string of the molecule is Cn1ncnc1CCC1CCCNC1. The van der Waals surface area contributed by atoms with Crippen LogP contribution in [-0.2, 0) is 13.5 Å². The monoisotopic (exact) mass is 194 g/mol. The molecule has 0 aromatic carbocycles. The maximum absolute atomic E-state index is 4.23. The van der Waals surface area contributed by atoms with E-state index in [-0.39, 0.29) is 0 Å². The van der Waals surface area contributed by atoms with Gasteiger partial charge in [0.05, 0.1) is 0 Å². The summed E-state index contributed by atoms with van der Waals surface area (Å²) in [5.74, 6) is 1.94. The van der Waals surface area contributed by atoms with Gasteiger partial charge in [-0.15, -0.1) is 0 Å². The van der Waals surface area contributed by atoms with Gasteiger partial charge in [-0.05, 0) is 38.3 Å². The van der Waals surface area contributed by atoms with E-state index in [1.807, 2.05) is 11.7 Å². The smallest absolute Gasteiger partial charge is 0.138 e. The van der Waals surface area contributed by atoms with E-state index < -0.39 is 0 Å². The molecule has 0 spiro atoms. The molecular weight excluding hydrogens is 176 g/mol. The molecule has 1 unspecified atom stereocenters. The van der Waals surface area contributed by atoms with E-state index in [9.17, 15) is 0 Å². The summed E-state index contributed by atoms with van der Waals surface area (Å²) in [5.41, 5.74) is 0. The van der Waals surface area contributed by atoms with Crippen molar-refractivity contribution < 1.29 is 0 Å². The van der Waals surface area contributed by atoms with Crippen LogP contribution < -0.4 is 5.32 Å². The number of hydrogen-bond acceptors (Lipinski definition) is 3. The van der Waals surface area contributed by atoms with E-state index in [4.69, 9.17) is 0 Å². The minimum absolute atomic E-state index is 0.834. The van der Waals surface area contributed by atoms with Gasteiger partial charge in [-0.1, -0.05) is 0 Å². The second-order valence-corrected chi connectivity index (χ2v) is 4.05. The zero-order valence-electron chi connectivity index (χ0n) is 8.74. The number of aryl methyl sites for hydroxylation is 2. The van der Waals surface area contributed by atoms with Gasteiger partial charge in [-0.25, -0.2) is 4.98 Å². The van der Waals surface area contributed by atoms with Crippen LogP contribution in [0.2, 0.25) is 0 Å². The van der Waals surface area contributed by atoms with Crippen molar-refractivity contribution in [2.75, 3.05) is 13.1 Å². The van der Waals surface area contributed by atoms with Crippen molar-refractivity contribution in [1.82, 2.24) is 20.1 Å². The highest BCUT2D eigenvalue weighted by Crippen LogP contribution is 2.15. The summed E-state index contributed by atoms with van der Waals surface area (Å²) in [7, 11) is 1.96. The normalized spacial score (nSPS) is 22.5. The molecule has 1 aromatic heterocycles. The first-order valence-electron chi connectivity index (χ1n) is 5.40. The fraction of sp³-hybridized carbons (Fsp3) is 0.800. The van der Waals surface area contributed by atoms with Crippen LogP contribution in [0.5, 0.6) is 0 Å². The Kier molecular flexibility index (Phi) is 3.14. The van der Waals surface area contributed by atoms with Crippen molar-refractivity contribution in [2.24, 2.45) is 13.0 Å². The van der Waals surface area contributed by atoms with Crippen molar-refractivity contribution in [3.05, 3.63) is 12.2 Å². The third-order valence-electron chi connectivity index (χ3n) is 2.98. The molecule has 1 atom stereocenters. The largest absolute Gasteiger partial charge is 0.316 e. The van der Waals surface area contributed by atoms with Gasteiger partial charge in [-0.2, -0.15) is 5.10 Å². The summed E-state index contributed by atoms with van der Waals surface area (Å²) in [4.78, 5) is 4.23. The summed E-state index contributed by atoms with van der Waals surface area (Å²) in [5, 5.41) is 7.51. The molecule has 1 aliphatic rings.